The van der Waals surface area contributed by atoms with E-state index in [-0.39, 0.29) is 18.6 Å². The van der Waals surface area contributed by atoms with Crippen molar-refractivity contribution in [1.29, 1.82) is 0 Å². The van der Waals surface area contributed by atoms with E-state index in [0.29, 0.717) is 18.6 Å². The molecule has 0 radical (unpaired) electrons. The molecule has 1 fully saturated rings. The number of carbonyl (C=O) groups is 1. The van der Waals surface area contributed by atoms with E-state index < -0.39 is 0 Å². The van der Waals surface area contributed by atoms with E-state index in [1.165, 1.54) is 12.8 Å². The van der Waals surface area contributed by atoms with Crippen LogP contribution in [0.25, 0.3) is 0 Å². The van der Waals surface area contributed by atoms with Crippen molar-refractivity contribution < 1.29 is 9.90 Å². The van der Waals surface area contributed by atoms with Crippen LogP contribution in [-0.2, 0) is 4.79 Å². The lowest BCUT2D eigenvalue weighted by Crippen LogP contribution is -2.52. The maximum absolute atomic E-state index is 12.3. The first-order chi connectivity index (χ1) is 9.13. The van der Waals surface area contributed by atoms with Crippen molar-refractivity contribution in [2.45, 2.75) is 77.4 Å². The molecule has 1 unspecified atom stereocenters. The van der Waals surface area contributed by atoms with Gasteiger partial charge in [-0.05, 0) is 32.6 Å². The highest BCUT2D eigenvalue weighted by atomic mass is 16.3. The highest BCUT2D eigenvalue weighted by Crippen LogP contribution is 2.19. The van der Waals surface area contributed by atoms with E-state index in [4.69, 9.17) is 0 Å². The summed E-state index contributed by atoms with van der Waals surface area (Å²) in [5, 5.41) is 12.4. The molecule has 1 amide bonds. The first-order valence-electron chi connectivity index (χ1n) is 7.80. The molecule has 0 heterocycles. The predicted molar refractivity (Wildman–Crippen MR) is 78.0 cm³/mol. The van der Waals surface area contributed by atoms with Gasteiger partial charge in [0, 0.05) is 18.6 Å². The van der Waals surface area contributed by atoms with Crippen molar-refractivity contribution in [2.24, 2.45) is 0 Å². The fourth-order valence-electron chi connectivity index (χ4n) is 3.11. The summed E-state index contributed by atoms with van der Waals surface area (Å²) in [6.07, 6.45) is 6.71. The van der Waals surface area contributed by atoms with Crippen LogP contribution in [0.5, 0.6) is 0 Å². The molecule has 0 saturated heterocycles. The summed E-state index contributed by atoms with van der Waals surface area (Å²) >= 11 is 0. The summed E-state index contributed by atoms with van der Waals surface area (Å²) in [4.78, 5) is 14.5. The van der Waals surface area contributed by atoms with Gasteiger partial charge in [-0.15, -0.1) is 0 Å². The molecule has 4 nitrogen and oxygen atoms in total. The molecule has 1 aliphatic carbocycles. The minimum absolute atomic E-state index is 0.109. The van der Waals surface area contributed by atoms with Crippen LogP contribution < -0.4 is 5.32 Å². The molecule has 2 N–H and O–H groups in total. The molecule has 1 rings (SSSR count). The molecule has 0 aromatic heterocycles. The van der Waals surface area contributed by atoms with Crippen molar-refractivity contribution in [1.82, 2.24) is 10.2 Å². The van der Waals surface area contributed by atoms with Gasteiger partial charge in [0.05, 0.1) is 12.6 Å². The van der Waals surface area contributed by atoms with Crippen molar-refractivity contribution in [3.05, 3.63) is 0 Å². The Morgan fingerprint density at radius 3 is 2.37 bits per heavy atom. The lowest BCUT2D eigenvalue weighted by atomic mass is 10.1. The Morgan fingerprint density at radius 2 is 1.89 bits per heavy atom. The van der Waals surface area contributed by atoms with Gasteiger partial charge in [0.15, 0.2) is 0 Å². The van der Waals surface area contributed by atoms with Crippen LogP contribution in [0.1, 0.15) is 59.3 Å². The third-order valence-electron chi connectivity index (χ3n) is 4.35. The van der Waals surface area contributed by atoms with Crippen LogP contribution in [0.2, 0.25) is 0 Å². The zero-order chi connectivity index (χ0) is 14.3. The normalized spacial score (nSPS) is 18.2. The third kappa shape index (κ3) is 4.77. The molecule has 0 bridgehead atoms. The Hall–Kier alpha value is -0.610. The zero-order valence-corrected chi connectivity index (χ0v) is 12.7. The van der Waals surface area contributed by atoms with Crippen molar-refractivity contribution in [3.8, 4) is 0 Å². The van der Waals surface area contributed by atoms with Gasteiger partial charge in [-0.1, -0.05) is 26.7 Å². The zero-order valence-electron chi connectivity index (χ0n) is 12.7. The molecule has 1 aliphatic rings. The fourth-order valence-corrected chi connectivity index (χ4v) is 3.11. The highest BCUT2D eigenvalue weighted by molar-refractivity contribution is 5.81. The van der Waals surface area contributed by atoms with E-state index in [1.807, 2.05) is 6.92 Å². The molecule has 4 heteroatoms. The summed E-state index contributed by atoms with van der Waals surface area (Å²) < 4.78 is 0. The van der Waals surface area contributed by atoms with Crippen molar-refractivity contribution in [3.63, 3.8) is 0 Å². The highest BCUT2D eigenvalue weighted by Gasteiger charge is 2.27. The maximum atomic E-state index is 12.3. The van der Waals surface area contributed by atoms with Gasteiger partial charge in [0.2, 0.25) is 5.91 Å². The Labute approximate surface area is 117 Å². The van der Waals surface area contributed by atoms with Gasteiger partial charge in [-0.2, -0.15) is 0 Å². The van der Waals surface area contributed by atoms with E-state index >= 15 is 0 Å². The van der Waals surface area contributed by atoms with E-state index in [9.17, 15) is 9.90 Å². The van der Waals surface area contributed by atoms with Crippen LogP contribution in [0.15, 0.2) is 0 Å². The standard InChI is InChI=1S/C15H30N2O2/c1-4-14(5-2)17(10-11-18)12(3)15(19)16-13-8-6-7-9-13/h12-14,18H,4-11H2,1-3H3,(H,16,19). The average molecular weight is 270 g/mol. The first kappa shape index (κ1) is 16.4. The molecule has 19 heavy (non-hydrogen) atoms. The average Bonchev–Trinajstić information content (AvgIpc) is 2.91. The molecular weight excluding hydrogens is 240 g/mol. The molecule has 0 spiro atoms. The number of hydrogen-bond acceptors (Lipinski definition) is 3. The van der Waals surface area contributed by atoms with Crippen LogP contribution in [0, 0.1) is 0 Å². The molecule has 1 saturated carbocycles. The second-order valence-corrected chi connectivity index (χ2v) is 5.60. The van der Waals surface area contributed by atoms with Crippen molar-refractivity contribution in [2.75, 3.05) is 13.2 Å². The Bertz CT molecular complexity index is 261. The fraction of sp³-hybridized carbons (Fsp3) is 0.933. The molecule has 0 aliphatic heterocycles. The predicted octanol–water partition coefficient (Wildman–Crippen LogP) is 1.92. The van der Waals surface area contributed by atoms with Gasteiger partial charge in [0.1, 0.15) is 0 Å². The van der Waals surface area contributed by atoms with Crippen molar-refractivity contribution >= 4 is 5.91 Å². The number of carbonyl (C=O) groups excluding carboxylic acids is 1. The summed E-state index contributed by atoms with van der Waals surface area (Å²) in [6, 6.07) is 0.585. The summed E-state index contributed by atoms with van der Waals surface area (Å²) in [5.74, 6) is 0.118. The summed E-state index contributed by atoms with van der Waals surface area (Å²) in [6.45, 7) is 6.92. The van der Waals surface area contributed by atoms with Crippen LogP contribution in [-0.4, -0.2) is 47.2 Å². The number of nitrogens with zero attached hydrogens (tertiary/aromatic N) is 1. The topological polar surface area (TPSA) is 52.6 Å². The minimum Gasteiger partial charge on any atom is -0.395 e. The van der Waals surface area contributed by atoms with E-state index in [0.717, 1.165) is 25.7 Å². The number of aliphatic hydroxyl groups is 1. The number of rotatable bonds is 8. The van der Waals surface area contributed by atoms with E-state index in [1.54, 1.807) is 0 Å². The van der Waals surface area contributed by atoms with E-state index in [2.05, 4.69) is 24.1 Å². The Balaban J connectivity index is 2.57. The van der Waals surface area contributed by atoms with Gasteiger partial charge in [0.25, 0.3) is 0 Å². The smallest absolute Gasteiger partial charge is 0.237 e. The largest absolute Gasteiger partial charge is 0.395 e. The minimum atomic E-state index is -0.155. The first-order valence-corrected chi connectivity index (χ1v) is 7.80. The van der Waals surface area contributed by atoms with Crippen LogP contribution in [0.4, 0.5) is 0 Å². The van der Waals surface area contributed by atoms with Gasteiger partial charge < -0.3 is 10.4 Å². The number of amides is 1. The second-order valence-electron chi connectivity index (χ2n) is 5.60. The number of hydrogen-bond donors (Lipinski definition) is 2. The Kier molecular flexibility index (Phi) is 7.39. The Morgan fingerprint density at radius 1 is 1.32 bits per heavy atom. The van der Waals surface area contributed by atoms with Crippen LogP contribution in [0.3, 0.4) is 0 Å². The third-order valence-corrected chi connectivity index (χ3v) is 4.35. The molecular formula is C15H30N2O2. The van der Waals surface area contributed by atoms with Gasteiger partial charge in [-0.25, -0.2) is 0 Å². The number of aliphatic hydroxyl groups excluding tert-OH is 1. The van der Waals surface area contributed by atoms with Gasteiger partial charge >= 0.3 is 0 Å². The molecule has 0 aromatic rings. The SMILES string of the molecule is CCC(CC)N(CCO)C(C)C(=O)NC1CCCC1. The molecule has 112 valence electrons. The number of nitrogens with one attached hydrogen (secondary N) is 1. The molecule has 0 aromatic carbocycles. The van der Waals surface area contributed by atoms with Crippen LogP contribution >= 0.6 is 0 Å². The lowest BCUT2D eigenvalue weighted by Gasteiger charge is -2.34. The lowest BCUT2D eigenvalue weighted by molar-refractivity contribution is -0.127. The van der Waals surface area contributed by atoms with Gasteiger partial charge in [-0.3, -0.25) is 9.69 Å². The summed E-state index contributed by atoms with van der Waals surface area (Å²) in [5.41, 5.74) is 0. The second kappa shape index (κ2) is 8.54. The maximum Gasteiger partial charge on any atom is 0.237 e. The quantitative estimate of drug-likeness (QED) is 0.708. The monoisotopic (exact) mass is 270 g/mol. The summed E-state index contributed by atoms with van der Waals surface area (Å²) in [7, 11) is 0. The molecule has 1 atom stereocenters.